The largest absolute Gasteiger partial charge is 0.307 e. The van der Waals surface area contributed by atoms with E-state index in [1.54, 1.807) is 47.3 Å². The number of benzene rings is 2. The fourth-order valence-corrected chi connectivity index (χ4v) is 2.90. The Morgan fingerprint density at radius 3 is 2.75 bits per heavy atom. The number of carbonyl (C=O) groups is 1. The zero-order valence-electron chi connectivity index (χ0n) is 14.4. The Morgan fingerprint density at radius 1 is 1.18 bits per heavy atom. The fraction of sp³-hybridized carbons (Fsp3) is 0.0526. The molecule has 1 heterocycles. The van der Waals surface area contributed by atoms with Crippen molar-refractivity contribution in [2.45, 2.75) is 6.54 Å². The molecule has 0 aliphatic rings. The summed E-state index contributed by atoms with van der Waals surface area (Å²) in [6.07, 6.45) is 4.16. The molecule has 1 amide bonds. The van der Waals surface area contributed by atoms with Gasteiger partial charge < -0.3 is 5.32 Å². The molecule has 9 heteroatoms. The number of rotatable bonds is 6. The van der Waals surface area contributed by atoms with Crippen LogP contribution >= 0.6 is 23.2 Å². The fourth-order valence-electron chi connectivity index (χ4n) is 2.52. The second-order valence-corrected chi connectivity index (χ2v) is 6.51. The first-order valence-electron chi connectivity index (χ1n) is 8.13. The van der Waals surface area contributed by atoms with E-state index < -0.39 is 10.8 Å². The first-order chi connectivity index (χ1) is 13.5. The van der Waals surface area contributed by atoms with Crippen LogP contribution in [0, 0.1) is 10.1 Å². The van der Waals surface area contributed by atoms with E-state index in [0.717, 1.165) is 5.56 Å². The third kappa shape index (κ3) is 4.57. The Kier molecular flexibility index (Phi) is 6.08. The highest BCUT2D eigenvalue weighted by atomic mass is 35.5. The molecule has 0 aliphatic carbocycles. The molecule has 0 spiro atoms. The molecule has 0 radical (unpaired) electrons. The molecule has 0 unspecified atom stereocenters. The van der Waals surface area contributed by atoms with Gasteiger partial charge >= 0.3 is 0 Å². The summed E-state index contributed by atoms with van der Waals surface area (Å²) in [7, 11) is 0. The summed E-state index contributed by atoms with van der Waals surface area (Å²) < 4.78 is 1.56. The number of carbonyl (C=O) groups excluding carboxylic acids is 1. The summed E-state index contributed by atoms with van der Waals surface area (Å²) in [5.41, 5.74) is 1.01. The second-order valence-electron chi connectivity index (χ2n) is 5.73. The van der Waals surface area contributed by atoms with Crippen LogP contribution < -0.4 is 5.32 Å². The molecule has 0 bridgehead atoms. The average molecular weight is 417 g/mol. The number of hydrogen-bond acceptors (Lipinski definition) is 4. The van der Waals surface area contributed by atoms with Gasteiger partial charge in [-0.05, 0) is 23.8 Å². The van der Waals surface area contributed by atoms with E-state index in [1.165, 1.54) is 18.2 Å². The normalized spacial score (nSPS) is 10.9. The van der Waals surface area contributed by atoms with Crippen LogP contribution in [0.4, 0.5) is 11.5 Å². The number of hydrogen-bond donors (Lipinski definition) is 1. The summed E-state index contributed by atoms with van der Waals surface area (Å²) in [6, 6.07) is 13.1. The van der Waals surface area contributed by atoms with E-state index in [0.29, 0.717) is 28.0 Å². The Hall–Kier alpha value is -3.16. The molecule has 142 valence electrons. The summed E-state index contributed by atoms with van der Waals surface area (Å²) in [6.45, 7) is 0.315. The Balaban J connectivity index is 1.73. The number of nitrogens with one attached hydrogen (secondary N) is 1. The standard InChI is InChI=1S/C19H14Cl2N4O3/c20-15-6-3-5-14(19(15)21)12-24-17(10-11-22-24)23-18(26)9-8-13-4-1-2-7-16(13)25(27)28/h1-11H,12H2,(H,23,26)/b9-8+. The maximum Gasteiger partial charge on any atom is 0.276 e. The van der Waals surface area contributed by atoms with Crippen LogP contribution in [-0.4, -0.2) is 20.6 Å². The summed E-state index contributed by atoms with van der Waals surface area (Å²) in [5.74, 6) is 0.00495. The minimum Gasteiger partial charge on any atom is -0.307 e. The van der Waals surface area contributed by atoms with E-state index >= 15 is 0 Å². The van der Waals surface area contributed by atoms with Crippen LogP contribution in [-0.2, 0) is 11.3 Å². The number of para-hydroxylation sites is 1. The predicted octanol–water partition coefficient (Wildman–Crippen LogP) is 4.80. The SMILES string of the molecule is O=C(/C=C/c1ccccc1[N+](=O)[O-])Nc1ccnn1Cc1cccc(Cl)c1Cl. The van der Waals surface area contributed by atoms with Gasteiger partial charge in [0.2, 0.25) is 5.91 Å². The number of anilines is 1. The van der Waals surface area contributed by atoms with Gasteiger partial charge in [0, 0.05) is 18.2 Å². The first kappa shape index (κ1) is 19.6. The lowest BCUT2D eigenvalue weighted by Gasteiger charge is -2.10. The maximum atomic E-state index is 12.2. The Bertz CT molecular complexity index is 1060. The summed E-state index contributed by atoms with van der Waals surface area (Å²) in [4.78, 5) is 22.8. The quantitative estimate of drug-likeness (QED) is 0.355. The van der Waals surface area contributed by atoms with Gasteiger partial charge in [0.15, 0.2) is 0 Å². The van der Waals surface area contributed by atoms with E-state index in [-0.39, 0.29) is 5.69 Å². The third-order valence-electron chi connectivity index (χ3n) is 3.87. The van der Waals surface area contributed by atoms with Crippen molar-refractivity contribution < 1.29 is 9.72 Å². The first-order valence-corrected chi connectivity index (χ1v) is 8.88. The van der Waals surface area contributed by atoms with Crippen LogP contribution in [0.3, 0.4) is 0 Å². The summed E-state index contributed by atoms with van der Waals surface area (Å²) in [5, 5.41) is 18.8. The van der Waals surface area contributed by atoms with Crippen molar-refractivity contribution in [1.82, 2.24) is 9.78 Å². The molecule has 0 fully saturated rings. The lowest BCUT2D eigenvalue weighted by molar-refractivity contribution is -0.385. The lowest BCUT2D eigenvalue weighted by Crippen LogP contribution is -2.14. The minimum atomic E-state index is -0.499. The molecule has 1 N–H and O–H groups in total. The molecular weight excluding hydrogens is 403 g/mol. The Labute approximate surface area is 170 Å². The van der Waals surface area contributed by atoms with Gasteiger partial charge in [0.1, 0.15) is 5.82 Å². The third-order valence-corrected chi connectivity index (χ3v) is 4.73. The van der Waals surface area contributed by atoms with Gasteiger partial charge in [0.25, 0.3) is 5.69 Å². The number of aromatic nitrogens is 2. The molecule has 0 aliphatic heterocycles. The Morgan fingerprint density at radius 2 is 1.96 bits per heavy atom. The molecule has 1 aromatic heterocycles. The molecule has 0 saturated heterocycles. The number of halogens is 2. The van der Waals surface area contributed by atoms with E-state index in [2.05, 4.69) is 10.4 Å². The number of amides is 1. The minimum absolute atomic E-state index is 0.0767. The highest BCUT2D eigenvalue weighted by molar-refractivity contribution is 6.42. The second kappa shape index (κ2) is 8.69. The molecule has 3 rings (SSSR count). The van der Waals surface area contributed by atoms with Gasteiger partial charge in [0.05, 0.1) is 33.3 Å². The van der Waals surface area contributed by atoms with Crippen molar-refractivity contribution in [3.8, 4) is 0 Å². The monoisotopic (exact) mass is 416 g/mol. The van der Waals surface area contributed by atoms with Crippen molar-refractivity contribution in [2.75, 3.05) is 5.32 Å². The van der Waals surface area contributed by atoms with E-state index in [9.17, 15) is 14.9 Å². The van der Waals surface area contributed by atoms with E-state index in [4.69, 9.17) is 23.2 Å². The molecular formula is C19H14Cl2N4O3. The van der Waals surface area contributed by atoms with E-state index in [1.807, 2.05) is 6.07 Å². The highest BCUT2D eigenvalue weighted by Gasteiger charge is 2.12. The smallest absolute Gasteiger partial charge is 0.276 e. The van der Waals surface area contributed by atoms with Gasteiger partial charge in [-0.15, -0.1) is 0 Å². The number of nitro benzene ring substituents is 1. The van der Waals surface area contributed by atoms with Crippen molar-refractivity contribution >= 4 is 46.7 Å². The molecule has 28 heavy (non-hydrogen) atoms. The van der Waals surface area contributed by atoms with Crippen molar-refractivity contribution in [2.24, 2.45) is 0 Å². The average Bonchev–Trinajstić information content (AvgIpc) is 3.10. The molecule has 0 atom stereocenters. The van der Waals surface area contributed by atoms with Crippen molar-refractivity contribution in [3.05, 3.63) is 92.1 Å². The topological polar surface area (TPSA) is 90.1 Å². The molecule has 0 saturated carbocycles. The molecule has 7 nitrogen and oxygen atoms in total. The molecule has 2 aromatic carbocycles. The number of nitrogens with zero attached hydrogens (tertiary/aromatic N) is 3. The van der Waals surface area contributed by atoms with Crippen LogP contribution in [0.5, 0.6) is 0 Å². The van der Waals surface area contributed by atoms with Crippen LogP contribution in [0.15, 0.2) is 60.8 Å². The van der Waals surface area contributed by atoms with Crippen LogP contribution in [0.1, 0.15) is 11.1 Å². The van der Waals surface area contributed by atoms with Crippen molar-refractivity contribution in [1.29, 1.82) is 0 Å². The zero-order valence-corrected chi connectivity index (χ0v) is 15.9. The van der Waals surface area contributed by atoms with Gasteiger partial charge in [-0.2, -0.15) is 5.10 Å². The van der Waals surface area contributed by atoms with Gasteiger partial charge in [-0.25, -0.2) is 4.68 Å². The lowest BCUT2D eigenvalue weighted by atomic mass is 10.1. The highest BCUT2D eigenvalue weighted by Crippen LogP contribution is 2.26. The van der Waals surface area contributed by atoms with Gasteiger partial charge in [-0.1, -0.05) is 47.5 Å². The predicted molar refractivity (Wildman–Crippen MR) is 109 cm³/mol. The van der Waals surface area contributed by atoms with Crippen molar-refractivity contribution in [3.63, 3.8) is 0 Å². The zero-order chi connectivity index (χ0) is 20.1. The summed E-state index contributed by atoms with van der Waals surface area (Å²) >= 11 is 12.2. The number of nitro groups is 1. The van der Waals surface area contributed by atoms with Crippen LogP contribution in [0.2, 0.25) is 10.0 Å². The van der Waals surface area contributed by atoms with Crippen LogP contribution in [0.25, 0.3) is 6.08 Å². The van der Waals surface area contributed by atoms with Gasteiger partial charge in [-0.3, -0.25) is 14.9 Å². The molecule has 3 aromatic rings. The maximum absolute atomic E-state index is 12.2.